The molecule has 0 aromatic heterocycles. The van der Waals surface area contributed by atoms with Crippen LogP contribution in [0.3, 0.4) is 0 Å². The number of hydrogen-bond acceptors (Lipinski definition) is 2. The third kappa shape index (κ3) is 5.21. The summed E-state index contributed by atoms with van der Waals surface area (Å²) in [4.78, 5) is 11.9. The van der Waals surface area contributed by atoms with Crippen LogP contribution in [0.4, 0.5) is 0 Å². The molecule has 0 atom stereocenters. The van der Waals surface area contributed by atoms with Crippen LogP contribution in [0.15, 0.2) is 24.3 Å². The van der Waals surface area contributed by atoms with Crippen molar-refractivity contribution < 1.29 is 4.79 Å². The quantitative estimate of drug-likeness (QED) is 0.894. The summed E-state index contributed by atoms with van der Waals surface area (Å²) in [5.74, 6) is 0.124. The SMILES string of the molecule is Cc1ccc(CC(=O)NC2CCC(N)CC2)cc1.Cl. The molecule has 1 aromatic rings. The Balaban J connectivity index is 0.00000180. The van der Waals surface area contributed by atoms with Crippen molar-refractivity contribution in [2.45, 2.75) is 51.1 Å². The van der Waals surface area contributed by atoms with Crippen molar-refractivity contribution in [3.05, 3.63) is 35.4 Å². The minimum Gasteiger partial charge on any atom is -0.353 e. The second-order valence-electron chi connectivity index (χ2n) is 5.34. The van der Waals surface area contributed by atoms with Crippen molar-refractivity contribution in [3.8, 4) is 0 Å². The first kappa shape index (κ1) is 16.0. The maximum absolute atomic E-state index is 11.9. The molecule has 0 radical (unpaired) electrons. The number of nitrogens with two attached hydrogens (primary N) is 1. The molecule has 19 heavy (non-hydrogen) atoms. The number of hydrogen-bond donors (Lipinski definition) is 2. The number of nitrogens with one attached hydrogen (secondary N) is 1. The predicted octanol–water partition coefficient (Wildman–Crippen LogP) is 2.35. The van der Waals surface area contributed by atoms with Crippen LogP contribution in [-0.2, 0) is 11.2 Å². The van der Waals surface area contributed by atoms with Gasteiger partial charge in [-0.1, -0.05) is 29.8 Å². The van der Waals surface area contributed by atoms with E-state index in [0.29, 0.717) is 18.5 Å². The van der Waals surface area contributed by atoms with Crippen LogP contribution in [0.2, 0.25) is 0 Å². The Bertz CT molecular complexity index is 397. The minimum atomic E-state index is 0. The monoisotopic (exact) mass is 282 g/mol. The van der Waals surface area contributed by atoms with Crippen LogP contribution in [0.5, 0.6) is 0 Å². The summed E-state index contributed by atoms with van der Waals surface area (Å²) < 4.78 is 0. The van der Waals surface area contributed by atoms with E-state index in [9.17, 15) is 4.79 Å². The van der Waals surface area contributed by atoms with Crippen molar-refractivity contribution >= 4 is 18.3 Å². The average Bonchev–Trinajstić information content (AvgIpc) is 2.35. The molecule has 1 saturated carbocycles. The standard InChI is InChI=1S/C15H22N2O.ClH/c1-11-2-4-12(5-3-11)10-15(18)17-14-8-6-13(16)7-9-14;/h2-5,13-14H,6-10,16H2,1H3,(H,17,18);1H. The van der Waals surface area contributed by atoms with Gasteiger partial charge >= 0.3 is 0 Å². The van der Waals surface area contributed by atoms with Gasteiger partial charge in [-0.05, 0) is 38.2 Å². The molecule has 0 spiro atoms. The molecule has 0 bridgehead atoms. The van der Waals surface area contributed by atoms with E-state index in [1.54, 1.807) is 0 Å². The highest BCUT2D eigenvalue weighted by Crippen LogP contribution is 2.17. The first-order valence-electron chi connectivity index (χ1n) is 6.74. The van der Waals surface area contributed by atoms with Crippen molar-refractivity contribution in [1.29, 1.82) is 0 Å². The van der Waals surface area contributed by atoms with E-state index in [4.69, 9.17) is 5.73 Å². The largest absolute Gasteiger partial charge is 0.353 e. The molecule has 106 valence electrons. The maximum Gasteiger partial charge on any atom is 0.224 e. The molecule has 1 aliphatic carbocycles. The highest BCUT2D eigenvalue weighted by atomic mass is 35.5. The molecule has 1 fully saturated rings. The molecule has 3 nitrogen and oxygen atoms in total. The van der Waals surface area contributed by atoms with Gasteiger partial charge < -0.3 is 11.1 Å². The van der Waals surface area contributed by atoms with Gasteiger partial charge in [0.25, 0.3) is 0 Å². The number of rotatable bonds is 3. The van der Waals surface area contributed by atoms with Crippen LogP contribution in [0.25, 0.3) is 0 Å². The number of benzene rings is 1. The molecular formula is C15H23ClN2O. The maximum atomic E-state index is 11.9. The van der Waals surface area contributed by atoms with E-state index >= 15 is 0 Å². The van der Waals surface area contributed by atoms with Crippen molar-refractivity contribution in [2.75, 3.05) is 0 Å². The minimum absolute atomic E-state index is 0. The van der Waals surface area contributed by atoms with Gasteiger partial charge in [-0.3, -0.25) is 4.79 Å². The van der Waals surface area contributed by atoms with E-state index in [1.165, 1.54) is 5.56 Å². The number of carbonyl (C=O) groups excluding carboxylic acids is 1. The van der Waals surface area contributed by atoms with Gasteiger partial charge in [0.2, 0.25) is 5.91 Å². The third-order valence-corrected chi connectivity index (χ3v) is 3.62. The molecule has 0 unspecified atom stereocenters. The molecule has 3 N–H and O–H groups in total. The fourth-order valence-electron chi connectivity index (χ4n) is 2.43. The zero-order chi connectivity index (χ0) is 13.0. The molecule has 1 aromatic carbocycles. The van der Waals surface area contributed by atoms with Crippen molar-refractivity contribution in [2.24, 2.45) is 5.73 Å². The lowest BCUT2D eigenvalue weighted by atomic mass is 9.91. The average molecular weight is 283 g/mol. The summed E-state index contributed by atoms with van der Waals surface area (Å²) in [6.45, 7) is 2.05. The van der Waals surface area contributed by atoms with Crippen molar-refractivity contribution in [3.63, 3.8) is 0 Å². The fourth-order valence-corrected chi connectivity index (χ4v) is 2.43. The van der Waals surface area contributed by atoms with Gasteiger partial charge in [0.15, 0.2) is 0 Å². The van der Waals surface area contributed by atoms with Gasteiger partial charge in [-0.15, -0.1) is 12.4 Å². The molecule has 0 saturated heterocycles. The number of halogens is 1. The number of amides is 1. The Morgan fingerprint density at radius 3 is 2.37 bits per heavy atom. The van der Waals surface area contributed by atoms with Gasteiger partial charge in [-0.25, -0.2) is 0 Å². The van der Waals surface area contributed by atoms with E-state index in [1.807, 2.05) is 24.3 Å². The summed E-state index contributed by atoms with van der Waals surface area (Å²) >= 11 is 0. The summed E-state index contributed by atoms with van der Waals surface area (Å²) in [5.41, 5.74) is 8.15. The topological polar surface area (TPSA) is 55.1 Å². The molecule has 1 aliphatic rings. The van der Waals surface area contributed by atoms with Gasteiger partial charge in [0.1, 0.15) is 0 Å². The van der Waals surface area contributed by atoms with Gasteiger partial charge in [-0.2, -0.15) is 0 Å². The molecular weight excluding hydrogens is 260 g/mol. The third-order valence-electron chi connectivity index (χ3n) is 3.62. The second-order valence-corrected chi connectivity index (χ2v) is 5.34. The Morgan fingerprint density at radius 2 is 1.79 bits per heavy atom. The molecule has 2 rings (SSSR count). The van der Waals surface area contributed by atoms with Gasteiger partial charge in [0, 0.05) is 12.1 Å². The first-order valence-corrected chi connectivity index (χ1v) is 6.74. The summed E-state index contributed by atoms with van der Waals surface area (Å²) in [7, 11) is 0. The van der Waals surface area contributed by atoms with Crippen LogP contribution in [0.1, 0.15) is 36.8 Å². The molecule has 0 aliphatic heterocycles. The second kappa shape index (κ2) is 7.51. The first-order chi connectivity index (χ1) is 8.63. The summed E-state index contributed by atoms with van der Waals surface area (Å²) in [6, 6.07) is 8.78. The van der Waals surface area contributed by atoms with Crippen LogP contribution >= 0.6 is 12.4 Å². The highest BCUT2D eigenvalue weighted by molar-refractivity contribution is 5.85. The number of aryl methyl sites for hydroxylation is 1. The Kier molecular flexibility index (Phi) is 6.32. The Morgan fingerprint density at radius 1 is 1.21 bits per heavy atom. The highest BCUT2D eigenvalue weighted by Gasteiger charge is 2.19. The predicted molar refractivity (Wildman–Crippen MR) is 80.5 cm³/mol. The normalized spacial score (nSPS) is 22.4. The smallest absolute Gasteiger partial charge is 0.224 e. The lowest BCUT2D eigenvalue weighted by Gasteiger charge is -2.26. The van der Waals surface area contributed by atoms with Crippen molar-refractivity contribution in [1.82, 2.24) is 5.32 Å². The zero-order valence-corrected chi connectivity index (χ0v) is 12.2. The summed E-state index contributed by atoms with van der Waals surface area (Å²) in [6.07, 6.45) is 4.55. The van der Waals surface area contributed by atoms with E-state index in [2.05, 4.69) is 12.2 Å². The van der Waals surface area contributed by atoms with Crippen LogP contribution < -0.4 is 11.1 Å². The van der Waals surface area contributed by atoms with E-state index in [0.717, 1.165) is 31.2 Å². The lowest BCUT2D eigenvalue weighted by Crippen LogP contribution is -2.41. The molecule has 4 heteroatoms. The van der Waals surface area contributed by atoms with Crippen LogP contribution in [-0.4, -0.2) is 18.0 Å². The lowest BCUT2D eigenvalue weighted by molar-refractivity contribution is -0.121. The van der Waals surface area contributed by atoms with Crippen LogP contribution in [0, 0.1) is 6.92 Å². The Labute approximate surface area is 121 Å². The Hall–Kier alpha value is -1.06. The molecule has 0 heterocycles. The molecule has 1 amide bonds. The summed E-state index contributed by atoms with van der Waals surface area (Å²) in [5, 5.41) is 3.11. The van der Waals surface area contributed by atoms with E-state index in [-0.39, 0.29) is 18.3 Å². The van der Waals surface area contributed by atoms with E-state index < -0.39 is 0 Å². The fraction of sp³-hybridized carbons (Fsp3) is 0.533. The van der Waals surface area contributed by atoms with Gasteiger partial charge in [0.05, 0.1) is 6.42 Å². The number of carbonyl (C=O) groups is 1. The zero-order valence-electron chi connectivity index (χ0n) is 11.4.